The van der Waals surface area contributed by atoms with Crippen LogP contribution in [0.15, 0.2) is 28.7 Å². The van der Waals surface area contributed by atoms with Gasteiger partial charge in [-0.2, -0.15) is 0 Å². The lowest BCUT2D eigenvalue weighted by molar-refractivity contribution is 0.121. The molecule has 0 bridgehead atoms. The molecule has 1 aromatic carbocycles. The largest absolute Gasteiger partial charge is 0.380 e. The van der Waals surface area contributed by atoms with Crippen molar-refractivity contribution in [1.29, 1.82) is 0 Å². The molecule has 2 atom stereocenters. The van der Waals surface area contributed by atoms with E-state index in [9.17, 15) is 0 Å². The van der Waals surface area contributed by atoms with E-state index in [2.05, 4.69) is 40.3 Å². The molecule has 0 saturated carbocycles. The summed E-state index contributed by atoms with van der Waals surface area (Å²) in [4.78, 5) is 0. The van der Waals surface area contributed by atoms with E-state index in [1.807, 2.05) is 12.1 Å². The van der Waals surface area contributed by atoms with Gasteiger partial charge in [-0.15, -0.1) is 0 Å². The average Bonchev–Trinajstić information content (AvgIpc) is 2.56. The van der Waals surface area contributed by atoms with Gasteiger partial charge >= 0.3 is 0 Å². The molecule has 0 aromatic heterocycles. The minimum Gasteiger partial charge on any atom is -0.380 e. The molecule has 76 valence electrons. The first-order valence-electron chi connectivity index (χ1n) is 4.89. The van der Waals surface area contributed by atoms with Crippen LogP contribution in [-0.2, 0) is 4.74 Å². The average molecular weight is 256 g/mol. The molecule has 1 N–H and O–H groups in total. The first kappa shape index (κ1) is 9.99. The first-order chi connectivity index (χ1) is 6.75. The van der Waals surface area contributed by atoms with Gasteiger partial charge < -0.3 is 10.1 Å². The van der Waals surface area contributed by atoms with Crippen molar-refractivity contribution in [2.24, 2.45) is 0 Å². The Hall–Kier alpha value is -0.540. The molecule has 1 fully saturated rings. The first-order valence-corrected chi connectivity index (χ1v) is 5.69. The summed E-state index contributed by atoms with van der Waals surface area (Å²) in [5.74, 6) is 0. The van der Waals surface area contributed by atoms with E-state index in [-0.39, 0.29) is 0 Å². The van der Waals surface area contributed by atoms with Crippen molar-refractivity contribution in [3.63, 3.8) is 0 Å². The number of hydrogen-bond donors (Lipinski definition) is 1. The summed E-state index contributed by atoms with van der Waals surface area (Å²) >= 11 is 3.42. The van der Waals surface area contributed by atoms with Gasteiger partial charge in [0.1, 0.15) is 0 Å². The van der Waals surface area contributed by atoms with Crippen molar-refractivity contribution in [3.05, 3.63) is 28.7 Å². The van der Waals surface area contributed by atoms with Crippen molar-refractivity contribution in [2.75, 3.05) is 11.9 Å². The number of ether oxygens (including phenoxy) is 1. The molecule has 1 aliphatic heterocycles. The van der Waals surface area contributed by atoms with E-state index >= 15 is 0 Å². The van der Waals surface area contributed by atoms with Crippen molar-refractivity contribution < 1.29 is 4.74 Å². The van der Waals surface area contributed by atoms with Crippen LogP contribution in [-0.4, -0.2) is 18.8 Å². The third-order valence-electron chi connectivity index (χ3n) is 2.57. The summed E-state index contributed by atoms with van der Waals surface area (Å²) in [5, 5.41) is 3.47. The Balaban J connectivity index is 2.00. The molecule has 0 amide bonds. The minimum absolute atomic E-state index is 0.318. The Labute approximate surface area is 92.8 Å². The van der Waals surface area contributed by atoms with Crippen LogP contribution in [0.4, 0.5) is 5.69 Å². The SMILES string of the molecule is CC1OCCC1Nc1ccc(Br)cc1. The zero-order valence-electron chi connectivity index (χ0n) is 8.16. The fourth-order valence-electron chi connectivity index (χ4n) is 1.68. The normalized spacial score (nSPS) is 26.4. The number of hydrogen-bond acceptors (Lipinski definition) is 2. The lowest BCUT2D eigenvalue weighted by Gasteiger charge is -2.17. The van der Waals surface area contributed by atoms with Crippen LogP contribution >= 0.6 is 15.9 Å². The number of nitrogens with one attached hydrogen (secondary N) is 1. The van der Waals surface area contributed by atoms with Gasteiger partial charge in [0.2, 0.25) is 0 Å². The van der Waals surface area contributed by atoms with Gasteiger partial charge in [-0.05, 0) is 37.6 Å². The van der Waals surface area contributed by atoms with Crippen LogP contribution in [0, 0.1) is 0 Å². The topological polar surface area (TPSA) is 21.3 Å². The summed E-state index contributed by atoms with van der Waals surface area (Å²) in [6.07, 6.45) is 1.41. The Morgan fingerprint density at radius 2 is 2.07 bits per heavy atom. The quantitative estimate of drug-likeness (QED) is 0.878. The molecular formula is C11H14BrNO. The highest BCUT2D eigenvalue weighted by molar-refractivity contribution is 9.10. The lowest BCUT2D eigenvalue weighted by atomic mass is 10.1. The van der Waals surface area contributed by atoms with Crippen molar-refractivity contribution >= 4 is 21.6 Å². The fraction of sp³-hybridized carbons (Fsp3) is 0.455. The van der Waals surface area contributed by atoms with Gasteiger partial charge in [0.05, 0.1) is 12.1 Å². The zero-order valence-corrected chi connectivity index (χ0v) is 9.75. The van der Waals surface area contributed by atoms with Gasteiger partial charge in [0.15, 0.2) is 0 Å². The molecule has 2 rings (SSSR count). The number of rotatable bonds is 2. The number of benzene rings is 1. The maximum Gasteiger partial charge on any atom is 0.0748 e. The lowest BCUT2D eigenvalue weighted by Crippen LogP contribution is -2.26. The fourth-order valence-corrected chi connectivity index (χ4v) is 1.95. The van der Waals surface area contributed by atoms with Gasteiger partial charge in [0, 0.05) is 16.8 Å². The third kappa shape index (κ3) is 2.28. The smallest absolute Gasteiger partial charge is 0.0748 e. The molecule has 2 unspecified atom stereocenters. The maximum absolute atomic E-state index is 5.49. The Morgan fingerprint density at radius 1 is 1.36 bits per heavy atom. The predicted molar refractivity (Wildman–Crippen MR) is 61.6 cm³/mol. The summed E-state index contributed by atoms with van der Waals surface area (Å²) < 4.78 is 6.60. The molecule has 0 spiro atoms. The molecule has 1 heterocycles. The Morgan fingerprint density at radius 3 is 2.64 bits per heavy atom. The maximum atomic E-state index is 5.49. The van der Waals surface area contributed by atoms with Crippen molar-refractivity contribution in [2.45, 2.75) is 25.5 Å². The molecule has 1 aromatic rings. The number of halogens is 1. The van der Waals surface area contributed by atoms with Gasteiger partial charge in [0.25, 0.3) is 0 Å². The Bertz CT molecular complexity index is 299. The highest BCUT2D eigenvalue weighted by Crippen LogP contribution is 2.20. The molecule has 2 nitrogen and oxygen atoms in total. The van der Waals surface area contributed by atoms with Crippen molar-refractivity contribution in [1.82, 2.24) is 0 Å². The van der Waals surface area contributed by atoms with Crippen LogP contribution in [0.5, 0.6) is 0 Å². The molecule has 14 heavy (non-hydrogen) atoms. The second-order valence-electron chi connectivity index (χ2n) is 3.62. The molecule has 1 saturated heterocycles. The van der Waals surface area contributed by atoms with E-state index in [0.717, 1.165) is 23.2 Å². The van der Waals surface area contributed by atoms with Crippen LogP contribution in [0.1, 0.15) is 13.3 Å². The van der Waals surface area contributed by atoms with E-state index in [1.165, 1.54) is 0 Å². The van der Waals surface area contributed by atoms with E-state index in [1.54, 1.807) is 0 Å². The van der Waals surface area contributed by atoms with Gasteiger partial charge in [-0.25, -0.2) is 0 Å². The molecule has 1 aliphatic rings. The number of anilines is 1. The molecule has 0 radical (unpaired) electrons. The van der Waals surface area contributed by atoms with E-state index in [4.69, 9.17) is 4.74 Å². The summed E-state index contributed by atoms with van der Waals surface area (Å²) in [7, 11) is 0. The highest BCUT2D eigenvalue weighted by atomic mass is 79.9. The minimum atomic E-state index is 0.318. The van der Waals surface area contributed by atoms with E-state index in [0.29, 0.717) is 12.1 Å². The van der Waals surface area contributed by atoms with Gasteiger partial charge in [-0.1, -0.05) is 15.9 Å². The van der Waals surface area contributed by atoms with Crippen LogP contribution in [0.2, 0.25) is 0 Å². The predicted octanol–water partition coefficient (Wildman–Crippen LogP) is 3.04. The highest BCUT2D eigenvalue weighted by Gasteiger charge is 2.23. The van der Waals surface area contributed by atoms with Crippen LogP contribution in [0.3, 0.4) is 0 Å². The van der Waals surface area contributed by atoms with Crippen molar-refractivity contribution in [3.8, 4) is 0 Å². The van der Waals surface area contributed by atoms with E-state index < -0.39 is 0 Å². The zero-order chi connectivity index (χ0) is 9.97. The molecule has 3 heteroatoms. The standard InChI is InChI=1S/C11H14BrNO/c1-8-11(6-7-14-8)13-10-4-2-9(12)3-5-10/h2-5,8,11,13H,6-7H2,1H3. The molecule has 0 aliphatic carbocycles. The second-order valence-corrected chi connectivity index (χ2v) is 4.54. The van der Waals surface area contributed by atoms with Gasteiger partial charge in [-0.3, -0.25) is 0 Å². The summed E-state index contributed by atoms with van der Waals surface area (Å²) in [6.45, 7) is 2.99. The third-order valence-corrected chi connectivity index (χ3v) is 3.10. The summed E-state index contributed by atoms with van der Waals surface area (Å²) in [6, 6.07) is 8.70. The van der Waals surface area contributed by atoms with Crippen LogP contribution in [0.25, 0.3) is 0 Å². The molecular weight excluding hydrogens is 242 g/mol. The monoisotopic (exact) mass is 255 g/mol. The second kappa shape index (κ2) is 4.32. The Kier molecular flexibility index (Phi) is 3.08. The van der Waals surface area contributed by atoms with Crippen LogP contribution < -0.4 is 5.32 Å². The summed E-state index contributed by atoms with van der Waals surface area (Å²) in [5.41, 5.74) is 1.16.